The summed E-state index contributed by atoms with van der Waals surface area (Å²) >= 11 is 0.685. The molecule has 17 heteroatoms. The van der Waals surface area contributed by atoms with E-state index in [9.17, 15) is 14.0 Å². The molecule has 0 spiro atoms. The molecule has 4 aliphatic rings. The number of nitrogens with zero attached hydrogens (tertiary/aromatic N) is 7. The first kappa shape index (κ1) is 34.7. The van der Waals surface area contributed by atoms with Crippen molar-refractivity contribution in [1.82, 2.24) is 29.2 Å². The number of aromatic nitrogens is 3. The van der Waals surface area contributed by atoms with Gasteiger partial charge in [0.1, 0.15) is 24.1 Å². The third kappa shape index (κ3) is 5.76. The summed E-state index contributed by atoms with van der Waals surface area (Å²) in [5.41, 5.74) is 2.22. The second-order valence-electron chi connectivity index (χ2n) is 14.1. The Bertz CT molecular complexity index is 2170. The number of nitrogen functional groups attached to an aromatic ring is 1. The van der Waals surface area contributed by atoms with E-state index in [1.54, 1.807) is 23.6 Å². The molecule has 276 valence electrons. The lowest BCUT2D eigenvalue weighted by atomic mass is 9.93. The van der Waals surface area contributed by atoms with Crippen LogP contribution in [0.15, 0.2) is 29.6 Å². The van der Waals surface area contributed by atoms with Gasteiger partial charge in [-0.05, 0) is 38.8 Å². The van der Waals surface area contributed by atoms with Crippen molar-refractivity contribution in [3.05, 3.63) is 52.5 Å². The van der Waals surface area contributed by atoms with Crippen LogP contribution in [0.1, 0.15) is 38.3 Å². The molecule has 2 aromatic heterocycles. The Labute approximate surface area is 299 Å². The van der Waals surface area contributed by atoms with Gasteiger partial charge in [0, 0.05) is 86.5 Å². The number of rotatable bonds is 6. The molecule has 2 N–H and O–H groups in total. The predicted octanol–water partition coefficient (Wildman–Crippen LogP) is 4.88. The highest BCUT2D eigenvalue weighted by atomic mass is 32.1. The van der Waals surface area contributed by atoms with E-state index in [-0.39, 0.29) is 63.4 Å². The average molecular weight is 745 g/mol. The van der Waals surface area contributed by atoms with Gasteiger partial charge in [0.15, 0.2) is 10.9 Å². The minimum Gasteiger partial charge on any atom is -0.488 e. The quantitative estimate of drug-likeness (QED) is 0.218. The Morgan fingerprint density at radius 2 is 1.75 bits per heavy atom. The normalized spacial score (nSPS) is 23.0. The molecule has 5 heterocycles. The van der Waals surface area contributed by atoms with Gasteiger partial charge in [-0.25, -0.2) is 18.6 Å². The van der Waals surface area contributed by atoms with Crippen molar-refractivity contribution in [3.8, 4) is 16.9 Å². The number of benzene rings is 2. The SMILES string of the molecule is C=CC(=O)N1[C@H](C)CN(c2nc(=O)n3c4c(c(-c5c(F)cc(F)c6sc(N)nc56)c(C(F)(F)F)cc24)OCC3CN2CCN(C3CC3)CC2)C[C@@H]1C. The number of piperazine rings is 2. The number of thiazole rings is 1. The molecule has 8 rings (SSSR count). The van der Waals surface area contributed by atoms with Crippen molar-refractivity contribution >= 4 is 49.3 Å². The summed E-state index contributed by atoms with van der Waals surface area (Å²) in [6.07, 6.45) is -1.49. The first-order valence-corrected chi connectivity index (χ1v) is 18.1. The molecule has 3 fully saturated rings. The molecule has 1 amide bonds. The van der Waals surface area contributed by atoms with Crippen LogP contribution < -0.4 is 21.1 Å². The Morgan fingerprint density at radius 1 is 1.06 bits per heavy atom. The second-order valence-corrected chi connectivity index (χ2v) is 15.2. The van der Waals surface area contributed by atoms with E-state index in [1.807, 2.05) is 0 Å². The van der Waals surface area contributed by atoms with Gasteiger partial charge in [-0.1, -0.05) is 17.9 Å². The van der Waals surface area contributed by atoms with Crippen LogP contribution in [0.3, 0.4) is 0 Å². The summed E-state index contributed by atoms with van der Waals surface area (Å²) in [6.45, 7) is 10.9. The molecule has 3 atom stereocenters. The largest absolute Gasteiger partial charge is 0.488 e. The van der Waals surface area contributed by atoms with Gasteiger partial charge in [0.25, 0.3) is 0 Å². The molecule has 52 heavy (non-hydrogen) atoms. The van der Waals surface area contributed by atoms with Crippen LogP contribution in [0, 0.1) is 11.6 Å². The van der Waals surface area contributed by atoms with E-state index in [1.165, 1.54) is 23.5 Å². The van der Waals surface area contributed by atoms with E-state index >= 15 is 17.6 Å². The molecule has 4 aromatic rings. The van der Waals surface area contributed by atoms with Gasteiger partial charge in [-0.2, -0.15) is 18.2 Å². The minimum atomic E-state index is -5.07. The van der Waals surface area contributed by atoms with Gasteiger partial charge in [-0.3, -0.25) is 19.2 Å². The lowest BCUT2D eigenvalue weighted by Gasteiger charge is -2.45. The van der Waals surface area contributed by atoms with Crippen LogP contribution in [-0.2, 0) is 11.0 Å². The molecule has 0 bridgehead atoms. The fraction of sp³-hybridized carbons (Fsp3) is 0.486. The number of carbonyl (C=O) groups is 1. The van der Waals surface area contributed by atoms with Crippen LogP contribution in [0.5, 0.6) is 5.75 Å². The molecular weight excluding hydrogens is 707 g/mol. The molecule has 2 saturated heterocycles. The van der Waals surface area contributed by atoms with Crippen molar-refractivity contribution in [3.63, 3.8) is 0 Å². The number of alkyl halides is 3. The zero-order valence-corrected chi connectivity index (χ0v) is 29.4. The zero-order chi connectivity index (χ0) is 36.8. The Morgan fingerprint density at radius 3 is 2.38 bits per heavy atom. The highest BCUT2D eigenvalue weighted by molar-refractivity contribution is 7.22. The molecule has 0 radical (unpaired) electrons. The maximum absolute atomic E-state index is 15.9. The third-order valence-electron chi connectivity index (χ3n) is 10.7. The van der Waals surface area contributed by atoms with Gasteiger partial charge < -0.3 is 20.3 Å². The fourth-order valence-corrected chi connectivity index (χ4v) is 9.04. The van der Waals surface area contributed by atoms with Gasteiger partial charge in [0.05, 0.1) is 27.3 Å². The van der Waals surface area contributed by atoms with Crippen molar-refractivity contribution < 1.29 is 31.5 Å². The molecule has 1 unspecified atom stereocenters. The van der Waals surface area contributed by atoms with E-state index in [2.05, 4.69) is 26.3 Å². The van der Waals surface area contributed by atoms with E-state index in [4.69, 9.17) is 10.5 Å². The van der Waals surface area contributed by atoms with Crippen molar-refractivity contribution in [2.75, 3.05) is 63.1 Å². The molecule has 3 aliphatic heterocycles. The molecule has 1 aliphatic carbocycles. The summed E-state index contributed by atoms with van der Waals surface area (Å²) in [7, 11) is 0. The van der Waals surface area contributed by atoms with Crippen LogP contribution in [0.4, 0.5) is 32.9 Å². The molecular formula is C35H37F5N8O3S. The van der Waals surface area contributed by atoms with Crippen molar-refractivity contribution in [2.45, 2.75) is 57.0 Å². The highest BCUT2D eigenvalue weighted by Crippen LogP contribution is 2.52. The molecule has 2 aromatic carbocycles. The highest BCUT2D eigenvalue weighted by Gasteiger charge is 2.43. The predicted molar refractivity (Wildman–Crippen MR) is 188 cm³/mol. The third-order valence-corrected chi connectivity index (χ3v) is 11.6. The topological polar surface area (TPSA) is 113 Å². The van der Waals surface area contributed by atoms with E-state index in [0.29, 0.717) is 30.0 Å². The first-order chi connectivity index (χ1) is 24.7. The monoisotopic (exact) mass is 744 g/mol. The van der Waals surface area contributed by atoms with Crippen LogP contribution in [-0.4, -0.2) is 106 Å². The number of halogens is 5. The van der Waals surface area contributed by atoms with Crippen molar-refractivity contribution in [2.24, 2.45) is 0 Å². The number of fused-ring (bicyclic) bond motifs is 1. The Balaban J connectivity index is 1.35. The number of nitrogens with two attached hydrogens (primary N) is 1. The summed E-state index contributed by atoms with van der Waals surface area (Å²) in [6, 6.07) is 0.550. The number of hydrogen-bond donors (Lipinski definition) is 1. The van der Waals surface area contributed by atoms with Crippen LogP contribution >= 0.6 is 11.3 Å². The Hall–Kier alpha value is -4.35. The minimum absolute atomic E-state index is 0.0103. The maximum Gasteiger partial charge on any atom is 0.417 e. The van der Waals surface area contributed by atoms with E-state index in [0.717, 1.165) is 32.2 Å². The summed E-state index contributed by atoms with van der Waals surface area (Å²) in [5, 5.41) is -0.180. The zero-order valence-electron chi connectivity index (χ0n) is 28.6. The average Bonchev–Trinajstić information content (AvgIpc) is 3.86. The van der Waals surface area contributed by atoms with Crippen molar-refractivity contribution in [1.29, 1.82) is 0 Å². The van der Waals surface area contributed by atoms with Crippen LogP contribution in [0.25, 0.3) is 32.2 Å². The molecule has 11 nitrogen and oxygen atoms in total. The standard InChI is InChI=1S/C35H37F5N8O3S/c1-4-25(49)47-17(2)13-46(14-18(47)3)32-21-11-22(35(38,39)40)26(27-23(36)12-24(37)31-28(27)42-33(41)52-31)30-29(21)48(34(50)43-32)20(16-51-30)15-44-7-9-45(10-8-44)19-5-6-19/h4,11-12,17-20H,1,5-10,13-16H2,2-3H3,(H2,41,42)/t17-,18+,20?. The smallest absolute Gasteiger partial charge is 0.417 e. The number of anilines is 2. The number of amides is 1. The molecule has 1 saturated carbocycles. The Kier molecular flexibility index (Phi) is 8.45. The van der Waals surface area contributed by atoms with E-state index < -0.39 is 58.3 Å². The summed E-state index contributed by atoms with van der Waals surface area (Å²) < 4.78 is 84.2. The van der Waals surface area contributed by atoms with Crippen LogP contribution in [0.2, 0.25) is 0 Å². The summed E-state index contributed by atoms with van der Waals surface area (Å²) in [4.78, 5) is 43.4. The number of hydrogen-bond acceptors (Lipinski definition) is 10. The number of carbonyl (C=O) groups excluding carboxylic acids is 1. The maximum atomic E-state index is 15.9. The van der Waals surface area contributed by atoms with Gasteiger partial charge >= 0.3 is 11.9 Å². The van der Waals surface area contributed by atoms with Gasteiger partial charge in [-0.15, -0.1) is 0 Å². The fourth-order valence-electron chi connectivity index (χ4n) is 8.29. The second kappa shape index (κ2) is 12.7. The lowest BCUT2D eigenvalue weighted by molar-refractivity contribution is -0.137. The summed E-state index contributed by atoms with van der Waals surface area (Å²) in [5.74, 6) is -2.98. The lowest BCUT2D eigenvalue weighted by Crippen LogP contribution is -2.59. The number of ether oxygens (including phenoxy) is 1. The first-order valence-electron chi connectivity index (χ1n) is 17.3. The van der Waals surface area contributed by atoms with Gasteiger partial charge in [0.2, 0.25) is 5.91 Å².